The van der Waals surface area contributed by atoms with Crippen molar-refractivity contribution in [2.24, 2.45) is 29.2 Å². The van der Waals surface area contributed by atoms with E-state index in [9.17, 15) is 29.1 Å². The average molecular weight is 486 g/mol. The number of carboxylic acid groups (broad SMARTS) is 1. The summed E-state index contributed by atoms with van der Waals surface area (Å²) in [6.07, 6.45) is 0.959. The highest BCUT2D eigenvalue weighted by Gasteiger charge is 2.32. The third kappa shape index (κ3) is 12.0. The maximum Gasteiger partial charge on any atom is 0.326 e. The van der Waals surface area contributed by atoms with Gasteiger partial charge in [0.1, 0.15) is 18.1 Å². The maximum atomic E-state index is 13.0. The van der Waals surface area contributed by atoms with Gasteiger partial charge >= 0.3 is 5.97 Å². The molecule has 0 aliphatic carbocycles. The van der Waals surface area contributed by atoms with Gasteiger partial charge in [0.15, 0.2) is 0 Å². The molecule has 0 spiro atoms. The van der Waals surface area contributed by atoms with Gasteiger partial charge in [-0.1, -0.05) is 48.0 Å². The topological polar surface area (TPSA) is 194 Å². The Bertz CT molecular complexity index is 712. The van der Waals surface area contributed by atoms with Crippen molar-refractivity contribution in [3.8, 4) is 0 Å². The molecular formula is C23H43N5O6. The number of carboxylic acids is 1. The van der Waals surface area contributed by atoms with Crippen LogP contribution < -0.4 is 27.4 Å². The van der Waals surface area contributed by atoms with E-state index in [2.05, 4.69) is 16.0 Å². The minimum atomic E-state index is -1.16. The van der Waals surface area contributed by atoms with Gasteiger partial charge in [-0.15, -0.1) is 0 Å². The Hall–Kier alpha value is -2.69. The third-order valence-electron chi connectivity index (χ3n) is 5.49. The van der Waals surface area contributed by atoms with Gasteiger partial charge in [-0.2, -0.15) is 0 Å². The van der Waals surface area contributed by atoms with E-state index in [1.807, 2.05) is 34.6 Å². The van der Waals surface area contributed by atoms with Crippen LogP contribution in [-0.2, 0) is 24.0 Å². The quantitative estimate of drug-likeness (QED) is 0.180. The van der Waals surface area contributed by atoms with Crippen LogP contribution >= 0.6 is 0 Å². The van der Waals surface area contributed by atoms with E-state index in [1.165, 1.54) is 0 Å². The van der Waals surface area contributed by atoms with E-state index < -0.39 is 53.8 Å². The zero-order valence-electron chi connectivity index (χ0n) is 21.2. The lowest BCUT2D eigenvalue weighted by atomic mass is 9.97. The normalized spacial score (nSPS) is 15.7. The number of nitrogens with two attached hydrogens (primary N) is 2. The zero-order chi connectivity index (χ0) is 26.6. The molecule has 5 unspecified atom stereocenters. The Balaban J connectivity index is 5.61. The molecule has 196 valence electrons. The molecular weight excluding hydrogens is 442 g/mol. The summed E-state index contributed by atoms with van der Waals surface area (Å²) in [7, 11) is 0. The molecule has 0 saturated carbocycles. The summed E-state index contributed by atoms with van der Waals surface area (Å²) in [4.78, 5) is 61.3. The second-order valence-corrected chi connectivity index (χ2v) is 9.70. The van der Waals surface area contributed by atoms with Crippen LogP contribution in [0.2, 0.25) is 0 Å². The van der Waals surface area contributed by atoms with Gasteiger partial charge in [0.2, 0.25) is 23.6 Å². The summed E-state index contributed by atoms with van der Waals surface area (Å²) in [5.74, 6) is -3.83. The first kappa shape index (κ1) is 31.3. The summed E-state index contributed by atoms with van der Waals surface area (Å²) >= 11 is 0. The molecule has 0 radical (unpaired) electrons. The van der Waals surface area contributed by atoms with Gasteiger partial charge in [0.25, 0.3) is 0 Å². The van der Waals surface area contributed by atoms with Crippen molar-refractivity contribution >= 4 is 29.6 Å². The molecule has 11 nitrogen and oxygen atoms in total. The van der Waals surface area contributed by atoms with Crippen molar-refractivity contribution in [1.82, 2.24) is 16.0 Å². The van der Waals surface area contributed by atoms with Gasteiger partial charge in [-0.25, -0.2) is 4.79 Å². The minimum absolute atomic E-state index is 0.000974. The van der Waals surface area contributed by atoms with Gasteiger partial charge < -0.3 is 32.5 Å². The van der Waals surface area contributed by atoms with Crippen LogP contribution in [0.3, 0.4) is 0 Å². The van der Waals surface area contributed by atoms with E-state index in [4.69, 9.17) is 11.5 Å². The number of amides is 4. The van der Waals surface area contributed by atoms with Crippen molar-refractivity contribution in [3.63, 3.8) is 0 Å². The monoisotopic (exact) mass is 485 g/mol. The minimum Gasteiger partial charge on any atom is -0.480 e. The predicted molar refractivity (Wildman–Crippen MR) is 128 cm³/mol. The first-order chi connectivity index (χ1) is 15.7. The van der Waals surface area contributed by atoms with Gasteiger partial charge in [0.05, 0.1) is 6.04 Å². The fourth-order valence-corrected chi connectivity index (χ4v) is 3.36. The molecule has 0 bridgehead atoms. The number of nitrogens with one attached hydrogen (secondary N) is 3. The van der Waals surface area contributed by atoms with Crippen molar-refractivity contribution < 1.29 is 29.1 Å². The van der Waals surface area contributed by atoms with Crippen LogP contribution in [0.25, 0.3) is 0 Å². The van der Waals surface area contributed by atoms with Gasteiger partial charge in [-0.05, 0) is 37.0 Å². The number of carbonyl (C=O) groups excluding carboxylic acids is 4. The number of aliphatic carboxylic acids is 1. The standard InChI is InChI=1S/C23H43N5O6/c1-7-14(6)19(23(33)34)28-22(32)17(11-13(4)5)27-21(31)16(8-9-18(25)29)26-20(30)15(24)10-12(2)3/h12-17,19H,7-11,24H2,1-6H3,(H2,25,29)(H,26,30)(H,27,31)(H,28,32)(H,33,34). The first-order valence-electron chi connectivity index (χ1n) is 11.9. The highest BCUT2D eigenvalue weighted by Crippen LogP contribution is 2.11. The van der Waals surface area contributed by atoms with E-state index >= 15 is 0 Å². The molecule has 4 amide bonds. The molecule has 11 heteroatoms. The fourth-order valence-electron chi connectivity index (χ4n) is 3.36. The van der Waals surface area contributed by atoms with E-state index in [0.29, 0.717) is 12.8 Å². The summed E-state index contributed by atoms with van der Waals surface area (Å²) < 4.78 is 0. The molecule has 8 N–H and O–H groups in total. The lowest BCUT2D eigenvalue weighted by molar-refractivity contribution is -0.144. The molecule has 5 atom stereocenters. The van der Waals surface area contributed by atoms with Crippen LogP contribution in [0.1, 0.15) is 73.6 Å². The Kier molecular flexibility index (Phi) is 14.1. The molecule has 0 aliphatic heterocycles. The number of hydrogen-bond donors (Lipinski definition) is 6. The Morgan fingerprint density at radius 2 is 1.29 bits per heavy atom. The molecule has 0 aromatic rings. The van der Waals surface area contributed by atoms with Crippen LogP contribution in [0.4, 0.5) is 0 Å². The number of primary amides is 1. The van der Waals surface area contributed by atoms with Crippen LogP contribution in [0.15, 0.2) is 0 Å². The molecule has 34 heavy (non-hydrogen) atoms. The van der Waals surface area contributed by atoms with Crippen molar-refractivity contribution in [1.29, 1.82) is 0 Å². The number of rotatable bonds is 16. The lowest BCUT2D eigenvalue weighted by Crippen LogP contribution is -2.58. The van der Waals surface area contributed by atoms with Gasteiger partial charge in [-0.3, -0.25) is 19.2 Å². The fraction of sp³-hybridized carbons (Fsp3) is 0.783. The molecule has 0 rings (SSSR count). The smallest absolute Gasteiger partial charge is 0.326 e. The van der Waals surface area contributed by atoms with Crippen LogP contribution in [0, 0.1) is 17.8 Å². The first-order valence-corrected chi connectivity index (χ1v) is 11.9. The van der Waals surface area contributed by atoms with Crippen molar-refractivity contribution in [2.45, 2.75) is 97.8 Å². The summed E-state index contributed by atoms with van der Waals surface area (Å²) in [6, 6.07) is -4.12. The summed E-state index contributed by atoms with van der Waals surface area (Å²) in [6.45, 7) is 11.0. The highest BCUT2D eigenvalue weighted by atomic mass is 16.4. The van der Waals surface area contributed by atoms with Crippen LogP contribution in [0.5, 0.6) is 0 Å². The van der Waals surface area contributed by atoms with Crippen molar-refractivity contribution in [2.75, 3.05) is 0 Å². The summed E-state index contributed by atoms with van der Waals surface area (Å²) in [5, 5.41) is 17.2. The Morgan fingerprint density at radius 3 is 1.74 bits per heavy atom. The number of hydrogen-bond acceptors (Lipinski definition) is 6. The van der Waals surface area contributed by atoms with Gasteiger partial charge in [0, 0.05) is 6.42 Å². The largest absolute Gasteiger partial charge is 0.480 e. The SMILES string of the molecule is CCC(C)C(NC(=O)C(CC(C)C)NC(=O)C(CCC(N)=O)NC(=O)C(N)CC(C)C)C(=O)O. The van der Waals surface area contributed by atoms with E-state index in [1.54, 1.807) is 6.92 Å². The molecule has 0 saturated heterocycles. The second-order valence-electron chi connectivity index (χ2n) is 9.70. The predicted octanol–water partition coefficient (Wildman–Crippen LogP) is 0.257. The molecule has 0 fully saturated rings. The molecule has 0 heterocycles. The molecule has 0 aromatic carbocycles. The van der Waals surface area contributed by atoms with E-state index in [-0.39, 0.29) is 37.0 Å². The number of carbonyl (C=O) groups is 5. The molecule has 0 aromatic heterocycles. The van der Waals surface area contributed by atoms with E-state index in [0.717, 1.165) is 0 Å². The Morgan fingerprint density at radius 1 is 0.794 bits per heavy atom. The molecule has 0 aliphatic rings. The van der Waals surface area contributed by atoms with Crippen molar-refractivity contribution in [3.05, 3.63) is 0 Å². The maximum absolute atomic E-state index is 13.0. The average Bonchev–Trinajstić information content (AvgIpc) is 2.72. The summed E-state index contributed by atoms with van der Waals surface area (Å²) in [5.41, 5.74) is 11.1. The highest BCUT2D eigenvalue weighted by molar-refractivity contribution is 5.94. The Labute approximate surface area is 202 Å². The lowest BCUT2D eigenvalue weighted by Gasteiger charge is -2.27. The second kappa shape index (κ2) is 15.3. The van der Waals surface area contributed by atoms with Crippen LogP contribution in [-0.4, -0.2) is 58.9 Å². The zero-order valence-corrected chi connectivity index (χ0v) is 21.2. The third-order valence-corrected chi connectivity index (χ3v) is 5.49.